The number of nitrogens with zero attached hydrogens (tertiary/aromatic N) is 2. The van der Waals surface area contributed by atoms with E-state index in [0.717, 1.165) is 26.0 Å². The van der Waals surface area contributed by atoms with Crippen LogP contribution < -0.4 is 10.5 Å². The van der Waals surface area contributed by atoms with Gasteiger partial charge >= 0.3 is 0 Å². The van der Waals surface area contributed by atoms with Crippen LogP contribution in [0.5, 0.6) is 5.75 Å². The van der Waals surface area contributed by atoms with Crippen LogP contribution in [0.3, 0.4) is 0 Å². The number of hydrogen-bond acceptors (Lipinski definition) is 5. The molecule has 102 valence electrons. The van der Waals surface area contributed by atoms with E-state index >= 15 is 0 Å². The molecule has 0 saturated carbocycles. The molecule has 0 amide bonds. The van der Waals surface area contributed by atoms with E-state index < -0.39 is 0 Å². The maximum atomic E-state index is 5.92. The zero-order valence-electron chi connectivity index (χ0n) is 10.8. The van der Waals surface area contributed by atoms with Crippen LogP contribution >= 0.6 is 27.3 Å². The molecule has 2 N–H and O–H groups in total. The molecule has 20 heavy (non-hydrogen) atoms. The molecular weight excluding hydrogens is 338 g/mol. The third-order valence-corrected chi connectivity index (χ3v) is 4.21. The predicted octanol–water partition coefficient (Wildman–Crippen LogP) is 3.92. The molecule has 0 aliphatic heterocycles. The fraction of sp³-hybridized carbons (Fsp3) is 0.143. The van der Waals surface area contributed by atoms with E-state index in [0.29, 0.717) is 18.2 Å². The van der Waals surface area contributed by atoms with Crippen LogP contribution in [0.25, 0.3) is 10.2 Å². The fourth-order valence-electron chi connectivity index (χ4n) is 1.86. The van der Waals surface area contributed by atoms with Crippen LogP contribution in [-0.2, 0) is 6.61 Å². The molecule has 0 fully saturated rings. The normalized spacial score (nSPS) is 10.9. The topological polar surface area (TPSA) is 61.0 Å². The average molecular weight is 350 g/mol. The Kier molecular flexibility index (Phi) is 3.58. The largest absolute Gasteiger partial charge is 0.485 e. The lowest BCUT2D eigenvalue weighted by molar-refractivity contribution is 0.294. The van der Waals surface area contributed by atoms with Gasteiger partial charge < -0.3 is 10.5 Å². The summed E-state index contributed by atoms with van der Waals surface area (Å²) in [6, 6.07) is 7.84. The summed E-state index contributed by atoms with van der Waals surface area (Å²) in [5.41, 5.74) is 6.98. The molecule has 0 atom stereocenters. The lowest BCUT2D eigenvalue weighted by Gasteiger charge is -2.09. The van der Waals surface area contributed by atoms with Crippen molar-refractivity contribution < 1.29 is 4.74 Å². The van der Waals surface area contributed by atoms with Gasteiger partial charge in [0.25, 0.3) is 0 Å². The van der Waals surface area contributed by atoms with Crippen molar-refractivity contribution in [1.82, 2.24) is 9.97 Å². The molecule has 4 nitrogen and oxygen atoms in total. The van der Waals surface area contributed by atoms with Gasteiger partial charge in [-0.3, -0.25) is 0 Å². The number of anilines is 1. The van der Waals surface area contributed by atoms with Crippen molar-refractivity contribution in [2.24, 2.45) is 0 Å². The van der Waals surface area contributed by atoms with Crippen LogP contribution in [-0.4, -0.2) is 9.97 Å². The van der Waals surface area contributed by atoms with Gasteiger partial charge in [-0.2, -0.15) is 0 Å². The number of halogens is 1. The number of nitrogen functional groups attached to an aromatic ring is 1. The van der Waals surface area contributed by atoms with Gasteiger partial charge in [-0.15, -0.1) is 11.3 Å². The minimum atomic E-state index is 0.301. The number of ether oxygens (including phenoxy) is 1. The summed E-state index contributed by atoms with van der Waals surface area (Å²) in [4.78, 5) is 9.62. The standard InChI is InChI=1S/C14H12BrN3OS/c1-8-2-3-9(15)6-11(8)19-7-12-17-13(16)10-4-5-20-14(10)18-12/h2-6H,7H2,1H3,(H2,16,17,18). The van der Waals surface area contributed by atoms with Gasteiger partial charge in [0.1, 0.15) is 23.0 Å². The van der Waals surface area contributed by atoms with Gasteiger partial charge in [-0.1, -0.05) is 22.0 Å². The van der Waals surface area contributed by atoms with Gasteiger partial charge in [0.15, 0.2) is 5.82 Å². The van der Waals surface area contributed by atoms with Crippen molar-refractivity contribution >= 4 is 43.3 Å². The van der Waals surface area contributed by atoms with Gasteiger partial charge in [-0.05, 0) is 36.1 Å². The second-order valence-electron chi connectivity index (χ2n) is 4.36. The Hall–Kier alpha value is -1.66. The van der Waals surface area contributed by atoms with Crippen LogP contribution in [0.15, 0.2) is 34.1 Å². The lowest BCUT2D eigenvalue weighted by Crippen LogP contribution is -2.04. The molecule has 2 aromatic heterocycles. The smallest absolute Gasteiger partial charge is 0.169 e. The highest BCUT2D eigenvalue weighted by Gasteiger charge is 2.08. The van der Waals surface area contributed by atoms with Crippen molar-refractivity contribution in [3.63, 3.8) is 0 Å². The van der Waals surface area contributed by atoms with Gasteiger partial charge in [0, 0.05) is 4.47 Å². The first-order chi connectivity index (χ1) is 9.63. The first kappa shape index (κ1) is 13.3. The molecule has 6 heteroatoms. The van der Waals surface area contributed by atoms with Gasteiger partial charge in [0.05, 0.1) is 5.39 Å². The van der Waals surface area contributed by atoms with Crippen molar-refractivity contribution in [2.75, 3.05) is 5.73 Å². The van der Waals surface area contributed by atoms with Crippen molar-refractivity contribution in [3.05, 3.63) is 45.5 Å². The third kappa shape index (κ3) is 2.62. The van der Waals surface area contributed by atoms with E-state index in [1.807, 2.05) is 36.6 Å². The molecule has 0 aliphatic carbocycles. The summed E-state index contributed by atoms with van der Waals surface area (Å²) < 4.78 is 6.76. The van der Waals surface area contributed by atoms with Crippen LogP contribution in [0.4, 0.5) is 5.82 Å². The lowest BCUT2D eigenvalue weighted by atomic mass is 10.2. The number of rotatable bonds is 3. The number of benzene rings is 1. The predicted molar refractivity (Wildman–Crippen MR) is 85.0 cm³/mol. The minimum Gasteiger partial charge on any atom is -0.485 e. The molecule has 3 aromatic rings. The van der Waals surface area contributed by atoms with E-state index in [9.17, 15) is 0 Å². The Morgan fingerprint density at radius 1 is 1.30 bits per heavy atom. The maximum absolute atomic E-state index is 5.92. The van der Waals surface area contributed by atoms with Gasteiger partial charge in [0.2, 0.25) is 0 Å². The van der Waals surface area contributed by atoms with Crippen LogP contribution in [0, 0.1) is 6.92 Å². The summed E-state index contributed by atoms with van der Waals surface area (Å²) in [5.74, 6) is 1.91. The Balaban J connectivity index is 1.84. The first-order valence-corrected chi connectivity index (χ1v) is 7.69. The summed E-state index contributed by atoms with van der Waals surface area (Å²) in [5, 5.41) is 2.86. The summed E-state index contributed by atoms with van der Waals surface area (Å²) in [6.07, 6.45) is 0. The molecule has 2 heterocycles. The van der Waals surface area contributed by atoms with Crippen molar-refractivity contribution in [2.45, 2.75) is 13.5 Å². The molecule has 0 unspecified atom stereocenters. The Morgan fingerprint density at radius 3 is 3.00 bits per heavy atom. The van der Waals surface area contributed by atoms with Gasteiger partial charge in [-0.25, -0.2) is 9.97 Å². The third-order valence-electron chi connectivity index (χ3n) is 2.91. The van der Waals surface area contributed by atoms with Crippen molar-refractivity contribution in [1.29, 1.82) is 0 Å². The summed E-state index contributed by atoms with van der Waals surface area (Å²) in [7, 11) is 0. The number of thiophene rings is 1. The Labute approximate surface area is 128 Å². The zero-order valence-corrected chi connectivity index (χ0v) is 13.2. The van der Waals surface area contributed by atoms with Crippen LogP contribution in [0.1, 0.15) is 11.4 Å². The van der Waals surface area contributed by atoms with E-state index in [1.54, 1.807) is 11.3 Å². The maximum Gasteiger partial charge on any atom is 0.169 e. The number of aryl methyl sites for hydroxylation is 1. The molecule has 3 rings (SSSR count). The molecule has 0 aliphatic rings. The number of fused-ring (bicyclic) bond motifs is 1. The number of hydrogen-bond donors (Lipinski definition) is 1. The zero-order chi connectivity index (χ0) is 14.1. The highest BCUT2D eigenvalue weighted by atomic mass is 79.9. The van der Waals surface area contributed by atoms with Crippen LogP contribution in [0.2, 0.25) is 0 Å². The SMILES string of the molecule is Cc1ccc(Br)cc1OCc1nc(N)c2ccsc2n1. The summed E-state index contributed by atoms with van der Waals surface area (Å²) in [6.45, 7) is 2.30. The molecular formula is C14H12BrN3OS. The average Bonchev–Trinajstić information content (AvgIpc) is 2.89. The fourth-order valence-corrected chi connectivity index (χ4v) is 2.99. The van der Waals surface area contributed by atoms with E-state index in [2.05, 4.69) is 25.9 Å². The van der Waals surface area contributed by atoms with E-state index in [1.165, 1.54) is 0 Å². The van der Waals surface area contributed by atoms with E-state index in [4.69, 9.17) is 10.5 Å². The number of nitrogens with two attached hydrogens (primary N) is 1. The molecule has 0 bridgehead atoms. The highest BCUT2D eigenvalue weighted by molar-refractivity contribution is 9.10. The van der Waals surface area contributed by atoms with Crippen molar-refractivity contribution in [3.8, 4) is 5.75 Å². The summed E-state index contributed by atoms with van der Waals surface area (Å²) >= 11 is 4.98. The Bertz CT molecular complexity index is 772. The number of aromatic nitrogens is 2. The highest BCUT2D eigenvalue weighted by Crippen LogP contribution is 2.25. The molecule has 1 aromatic carbocycles. The minimum absolute atomic E-state index is 0.301. The quantitative estimate of drug-likeness (QED) is 0.778. The molecule has 0 saturated heterocycles. The molecule has 0 spiro atoms. The first-order valence-electron chi connectivity index (χ1n) is 6.02. The monoisotopic (exact) mass is 349 g/mol. The Morgan fingerprint density at radius 2 is 2.15 bits per heavy atom. The van der Waals surface area contributed by atoms with E-state index in [-0.39, 0.29) is 0 Å². The second-order valence-corrected chi connectivity index (χ2v) is 6.17. The molecule has 0 radical (unpaired) electrons. The second kappa shape index (κ2) is 5.38.